The van der Waals surface area contributed by atoms with E-state index in [1.807, 2.05) is 0 Å². The van der Waals surface area contributed by atoms with E-state index in [0.717, 1.165) is 17.1 Å². The number of nitrogens with zero attached hydrogens (tertiary/aromatic N) is 2. The molecule has 11 rings (SSSR count). The molecule has 56 heavy (non-hydrogen) atoms. The first-order valence-corrected chi connectivity index (χ1v) is 19.3. The predicted octanol–water partition coefficient (Wildman–Crippen LogP) is 15.0. The van der Waals surface area contributed by atoms with Crippen LogP contribution in [0.25, 0.3) is 82.1 Å². The number of benzene rings is 10. The molecule has 0 aliphatic rings. The van der Waals surface area contributed by atoms with Crippen LogP contribution < -0.4 is 4.90 Å². The molecule has 2 heteroatoms. The van der Waals surface area contributed by atoms with Gasteiger partial charge in [0.2, 0.25) is 0 Å². The summed E-state index contributed by atoms with van der Waals surface area (Å²) in [6, 6.07) is 79.4. The molecular formula is C54H36N2. The standard InChI is InChI=1S/C54H36N2/c1-2-14-37(15-3-1)44-17-6-10-22-50(44)55(43-34-35-47-41(36-43)29-28-40-27-26-38-16-4-5-19-46(38)54(40)47)42-32-30-39(31-33-42)45-18-7-11-23-51(45)56-52-24-12-8-20-48(52)49-21-9-13-25-53(49)56/h1-36H. The van der Waals surface area contributed by atoms with E-state index in [-0.39, 0.29) is 0 Å². The van der Waals surface area contributed by atoms with Crippen molar-refractivity contribution in [2.75, 3.05) is 4.90 Å². The van der Waals surface area contributed by atoms with Gasteiger partial charge >= 0.3 is 0 Å². The largest absolute Gasteiger partial charge is 0.310 e. The maximum Gasteiger partial charge on any atom is 0.0541 e. The quantitative estimate of drug-likeness (QED) is 0.156. The summed E-state index contributed by atoms with van der Waals surface area (Å²) < 4.78 is 2.41. The highest BCUT2D eigenvalue weighted by Gasteiger charge is 2.20. The first-order valence-electron chi connectivity index (χ1n) is 19.3. The van der Waals surface area contributed by atoms with Crippen LogP contribution in [0, 0.1) is 0 Å². The Balaban J connectivity index is 1.08. The number of fused-ring (bicyclic) bond motifs is 8. The fraction of sp³-hybridized carbons (Fsp3) is 0. The zero-order valence-electron chi connectivity index (χ0n) is 30.7. The van der Waals surface area contributed by atoms with Crippen molar-refractivity contribution in [1.29, 1.82) is 0 Å². The Morgan fingerprint density at radius 1 is 0.321 bits per heavy atom. The van der Waals surface area contributed by atoms with Crippen LogP contribution in [0.1, 0.15) is 0 Å². The van der Waals surface area contributed by atoms with Gasteiger partial charge in [-0.05, 0) is 92.0 Å². The third kappa shape index (κ3) is 5.19. The van der Waals surface area contributed by atoms with Crippen LogP contribution in [0.4, 0.5) is 17.1 Å². The van der Waals surface area contributed by atoms with E-state index in [1.165, 1.54) is 82.1 Å². The summed E-state index contributed by atoms with van der Waals surface area (Å²) in [5, 5.41) is 10.1. The van der Waals surface area contributed by atoms with Crippen molar-refractivity contribution in [1.82, 2.24) is 4.57 Å². The highest BCUT2D eigenvalue weighted by molar-refractivity contribution is 6.20. The number of anilines is 3. The zero-order valence-corrected chi connectivity index (χ0v) is 30.7. The Hall–Kier alpha value is -7.42. The second-order valence-corrected chi connectivity index (χ2v) is 14.5. The molecule has 0 aliphatic carbocycles. The molecule has 0 saturated heterocycles. The van der Waals surface area contributed by atoms with Crippen molar-refractivity contribution < 1.29 is 0 Å². The first-order chi connectivity index (χ1) is 27.8. The normalized spacial score (nSPS) is 11.6. The fourth-order valence-corrected chi connectivity index (χ4v) is 8.80. The summed E-state index contributed by atoms with van der Waals surface area (Å²) in [4.78, 5) is 2.41. The predicted molar refractivity (Wildman–Crippen MR) is 239 cm³/mol. The summed E-state index contributed by atoms with van der Waals surface area (Å²) in [7, 11) is 0. The first kappa shape index (κ1) is 32.0. The SMILES string of the molecule is c1ccc(-c2ccccc2N(c2ccc(-c3ccccc3-n3c4ccccc4c4ccccc43)cc2)c2ccc3c(ccc4ccc5ccccc5c43)c2)cc1. The molecule has 10 aromatic carbocycles. The molecule has 0 unspecified atom stereocenters. The van der Waals surface area contributed by atoms with Crippen molar-refractivity contribution in [2.24, 2.45) is 0 Å². The van der Waals surface area contributed by atoms with Gasteiger partial charge in [0.15, 0.2) is 0 Å². The van der Waals surface area contributed by atoms with Crippen LogP contribution >= 0.6 is 0 Å². The lowest BCUT2D eigenvalue weighted by Gasteiger charge is -2.28. The Morgan fingerprint density at radius 3 is 1.62 bits per heavy atom. The maximum absolute atomic E-state index is 2.41. The Labute approximate surface area is 325 Å². The number of rotatable bonds is 6. The van der Waals surface area contributed by atoms with E-state index in [0.29, 0.717) is 0 Å². The molecule has 1 aromatic heterocycles. The van der Waals surface area contributed by atoms with Gasteiger partial charge in [0, 0.05) is 33.3 Å². The molecule has 262 valence electrons. The van der Waals surface area contributed by atoms with E-state index < -0.39 is 0 Å². The summed E-state index contributed by atoms with van der Waals surface area (Å²) in [5.74, 6) is 0. The highest BCUT2D eigenvalue weighted by Crippen LogP contribution is 2.44. The minimum Gasteiger partial charge on any atom is -0.310 e. The van der Waals surface area contributed by atoms with E-state index >= 15 is 0 Å². The van der Waals surface area contributed by atoms with Gasteiger partial charge in [-0.2, -0.15) is 0 Å². The highest BCUT2D eigenvalue weighted by atomic mass is 15.1. The summed E-state index contributed by atoms with van der Waals surface area (Å²) >= 11 is 0. The summed E-state index contributed by atoms with van der Waals surface area (Å²) in [6.45, 7) is 0. The summed E-state index contributed by atoms with van der Waals surface area (Å²) in [6.07, 6.45) is 0. The van der Waals surface area contributed by atoms with Gasteiger partial charge in [0.25, 0.3) is 0 Å². The van der Waals surface area contributed by atoms with Crippen LogP contribution in [0.15, 0.2) is 218 Å². The van der Waals surface area contributed by atoms with Crippen LogP contribution in [0.3, 0.4) is 0 Å². The molecule has 2 nitrogen and oxygen atoms in total. The van der Waals surface area contributed by atoms with Crippen LogP contribution in [0.5, 0.6) is 0 Å². The minimum atomic E-state index is 1.09. The van der Waals surface area contributed by atoms with Crippen molar-refractivity contribution in [3.63, 3.8) is 0 Å². The molecule has 0 aliphatic heterocycles. The Morgan fingerprint density at radius 2 is 0.857 bits per heavy atom. The minimum absolute atomic E-state index is 1.09. The van der Waals surface area contributed by atoms with Gasteiger partial charge in [-0.15, -0.1) is 0 Å². The van der Waals surface area contributed by atoms with E-state index in [2.05, 4.69) is 228 Å². The van der Waals surface area contributed by atoms with Gasteiger partial charge in [-0.25, -0.2) is 0 Å². The molecule has 0 radical (unpaired) electrons. The maximum atomic E-state index is 2.41. The van der Waals surface area contributed by atoms with Crippen molar-refractivity contribution in [3.8, 4) is 27.9 Å². The smallest absolute Gasteiger partial charge is 0.0541 e. The van der Waals surface area contributed by atoms with Gasteiger partial charge in [0.05, 0.1) is 22.4 Å². The lowest BCUT2D eigenvalue weighted by molar-refractivity contribution is 1.18. The van der Waals surface area contributed by atoms with Gasteiger partial charge in [0.1, 0.15) is 0 Å². The Bertz CT molecular complexity index is 3190. The average molecular weight is 713 g/mol. The van der Waals surface area contributed by atoms with E-state index in [1.54, 1.807) is 0 Å². The molecule has 0 fully saturated rings. The average Bonchev–Trinajstić information content (AvgIpc) is 3.61. The topological polar surface area (TPSA) is 8.17 Å². The Kier molecular flexibility index (Phi) is 7.53. The lowest BCUT2D eigenvalue weighted by atomic mass is 9.95. The van der Waals surface area contributed by atoms with Gasteiger partial charge < -0.3 is 9.47 Å². The number of para-hydroxylation sites is 4. The molecule has 0 saturated carbocycles. The number of hydrogen-bond acceptors (Lipinski definition) is 1. The van der Waals surface area contributed by atoms with E-state index in [4.69, 9.17) is 0 Å². The second-order valence-electron chi connectivity index (χ2n) is 14.5. The second kappa shape index (κ2) is 13.2. The van der Waals surface area contributed by atoms with E-state index in [9.17, 15) is 0 Å². The number of aromatic nitrogens is 1. The number of hydrogen-bond donors (Lipinski definition) is 0. The van der Waals surface area contributed by atoms with Crippen LogP contribution in [0.2, 0.25) is 0 Å². The van der Waals surface area contributed by atoms with Crippen molar-refractivity contribution >= 4 is 71.2 Å². The molecule has 1 heterocycles. The van der Waals surface area contributed by atoms with Crippen LogP contribution in [-0.4, -0.2) is 4.57 Å². The summed E-state index contributed by atoms with van der Waals surface area (Å²) in [5.41, 5.74) is 11.6. The van der Waals surface area contributed by atoms with Crippen LogP contribution in [-0.2, 0) is 0 Å². The third-order valence-electron chi connectivity index (χ3n) is 11.4. The molecule has 0 spiro atoms. The van der Waals surface area contributed by atoms with Gasteiger partial charge in [-0.3, -0.25) is 0 Å². The molecule has 0 N–H and O–H groups in total. The molecule has 11 aromatic rings. The zero-order chi connectivity index (χ0) is 37.0. The fourth-order valence-electron chi connectivity index (χ4n) is 8.80. The molecule has 0 amide bonds. The third-order valence-corrected chi connectivity index (χ3v) is 11.4. The monoisotopic (exact) mass is 712 g/mol. The van der Waals surface area contributed by atoms with Gasteiger partial charge in [-0.1, -0.05) is 170 Å². The lowest BCUT2D eigenvalue weighted by Crippen LogP contribution is -2.11. The molecule has 0 atom stereocenters. The molecule has 0 bridgehead atoms. The van der Waals surface area contributed by atoms with Crippen molar-refractivity contribution in [2.45, 2.75) is 0 Å². The van der Waals surface area contributed by atoms with Crippen molar-refractivity contribution in [3.05, 3.63) is 218 Å². The molecular weight excluding hydrogens is 677 g/mol.